The van der Waals surface area contributed by atoms with E-state index >= 15 is 0 Å². The van der Waals surface area contributed by atoms with Gasteiger partial charge in [0.1, 0.15) is 6.04 Å². The van der Waals surface area contributed by atoms with E-state index in [0.29, 0.717) is 0 Å². The van der Waals surface area contributed by atoms with E-state index in [1.165, 1.54) is 25.3 Å². The molecule has 0 saturated heterocycles. The minimum atomic E-state index is -3.85. The Bertz CT molecular complexity index is 846. The Morgan fingerprint density at radius 3 is 2.16 bits per heavy atom. The lowest BCUT2D eigenvalue weighted by atomic mass is 10.1. The summed E-state index contributed by atoms with van der Waals surface area (Å²) in [6.07, 6.45) is 1.60. The topological polar surface area (TPSA) is 72.5 Å². The predicted octanol–water partition coefficient (Wildman–Crippen LogP) is 3.51. The second-order valence-electron chi connectivity index (χ2n) is 5.25. The van der Waals surface area contributed by atoms with Gasteiger partial charge >= 0.3 is 5.97 Å². The molecule has 1 unspecified atom stereocenters. The number of methoxy groups -OCH3 is 1. The molecule has 5 nitrogen and oxygen atoms in total. The number of hydrogen-bond donors (Lipinski definition) is 1. The van der Waals surface area contributed by atoms with E-state index in [1.807, 2.05) is 24.3 Å². The number of carbonyl (C=O) groups excluding carboxylic acids is 1. The highest BCUT2D eigenvalue weighted by Gasteiger charge is 2.25. The van der Waals surface area contributed by atoms with Crippen molar-refractivity contribution in [3.8, 4) is 11.1 Å². The van der Waals surface area contributed by atoms with Crippen molar-refractivity contribution in [2.75, 3.05) is 7.11 Å². The summed E-state index contributed by atoms with van der Waals surface area (Å²) in [5.41, 5.74) is 1.86. The van der Waals surface area contributed by atoms with Crippen molar-refractivity contribution < 1.29 is 17.9 Å². The zero-order valence-electron chi connectivity index (χ0n) is 13.6. The van der Waals surface area contributed by atoms with Crippen LogP contribution in [-0.4, -0.2) is 27.5 Å². The van der Waals surface area contributed by atoms with Crippen molar-refractivity contribution in [3.05, 3.63) is 65.7 Å². The Balaban J connectivity index is 2.23. The fraction of sp³-hybridized carbons (Fsp3) is 0.167. The highest BCUT2D eigenvalue weighted by molar-refractivity contribution is 9.10. The summed E-state index contributed by atoms with van der Waals surface area (Å²) in [7, 11) is -2.64. The molecule has 7 heteroatoms. The molecule has 2 rings (SSSR count). The number of ether oxygens (including phenoxy) is 1. The molecule has 132 valence electrons. The van der Waals surface area contributed by atoms with Crippen LogP contribution in [0, 0.1) is 0 Å². The lowest BCUT2D eigenvalue weighted by Gasteiger charge is -2.15. The van der Waals surface area contributed by atoms with Crippen LogP contribution in [0.2, 0.25) is 0 Å². The number of hydrogen-bond acceptors (Lipinski definition) is 4. The second-order valence-corrected chi connectivity index (χ2v) is 7.88. The number of esters is 1. The van der Waals surface area contributed by atoms with E-state index in [0.717, 1.165) is 15.6 Å². The Labute approximate surface area is 155 Å². The van der Waals surface area contributed by atoms with E-state index in [2.05, 4.69) is 32.0 Å². The van der Waals surface area contributed by atoms with E-state index < -0.39 is 22.0 Å². The van der Waals surface area contributed by atoms with Crippen molar-refractivity contribution in [3.63, 3.8) is 0 Å². The molecule has 1 N–H and O–H groups in total. The Morgan fingerprint density at radius 2 is 1.68 bits per heavy atom. The van der Waals surface area contributed by atoms with Gasteiger partial charge < -0.3 is 4.74 Å². The van der Waals surface area contributed by atoms with Crippen LogP contribution < -0.4 is 4.72 Å². The first kappa shape index (κ1) is 19.4. The summed E-state index contributed by atoms with van der Waals surface area (Å²) in [5, 5.41) is 0. The normalized spacial score (nSPS) is 12.4. The van der Waals surface area contributed by atoms with Crippen LogP contribution in [0.3, 0.4) is 0 Å². The van der Waals surface area contributed by atoms with Gasteiger partial charge in [-0.3, -0.25) is 4.79 Å². The van der Waals surface area contributed by atoms with E-state index in [4.69, 9.17) is 0 Å². The number of sulfonamides is 1. The van der Waals surface area contributed by atoms with Crippen LogP contribution in [-0.2, 0) is 19.6 Å². The minimum Gasteiger partial charge on any atom is -0.468 e. The van der Waals surface area contributed by atoms with Crippen LogP contribution in [0.4, 0.5) is 0 Å². The van der Waals surface area contributed by atoms with Gasteiger partial charge in [-0.2, -0.15) is 4.72 Å². The smallest absolute Gasteiger partial charge is 0.324 e. The third-order valence-corrected chi connectivity index (χ3v) is 5.54. The lowest BCUT2D eigenvalue weighted by molar-refractivity contribution is -0.142. The fourth-order valence-electron chi connectivity index (χ4n) is 2.23. The predicted molar refractivity (Wildman–Crippen MR) is 101 cm³/mol. The number of rotatable bonds is 7. The van der Waals surface area contributed by atoms with Crippen LogP contribution in [0.5, 0.6) is 0 Å². The molecule has 2 aromatic carbocycles. The first-order chi connectivity index (χ1) is 11.9. The van der Waals surface area contributed by atoms with Gasteiger partial charge in [0.25, 0.3) is 0 Å². The summed E-state index contributed by atoms with van der Waals surface area (Å²) in [5.74, 6) is -0.657. The molecule has 2 aromatic rings. The van der Waals surface area contributed by atoms with Crippen LogP contribution >= 0.6 is 15.9 Å². The van der Waals surface area contributed by atoms with Crippen molar-refractivity contribution in [1.82, 2.24) is 4.72 Å². The molecule has 1 atom stereocenters. The van der Waals surface area contributed by atoms with Gasteiger partial charge in [-0.15, -0.1) is 6.58 Å². The monoisotopic (exact) mass is 424 g/mol. The first-order valence-electron chi connectivity index (χ1n) is 7.44. The SMILES string of the molecule is C=CCC(NS(=O)(=O)c1ccc(-c2ccc(Br)cc2)cc1)[13C](=O)OC. The van der Waals surface area contributed by atoms with E-state index in [9.17, 15) is 13.2 Å². The Kier molecular flexibility index (Phi) is 6.52. The molecule has 0 aliphatic rings. The Hall–Kier alpha value is -1.96. The molecule has 0 aliphatic carbocycles. The molecular weight excluding hydrogens is 407 g/mol. The second kappa shape index (κ2) is 8.42. The van der Waals surface area contributed by atoms with Gasteiger partial charge in [-0.1, -0.05) is 46.3 Å². The molecular formula is C18H18BrNO4S. The maximum atomic E-state index is 12.5. The lowest BCUT2D eigenvalue weighted by Crippen LogP contribution is -2.41. The summed E-state index contributed by atoms with van der Waals surface area (Å²) in [6.45, 7) is 3.53. The quantitative estimate of drug-likeness (QED) is 0.419. The molecule has 0 fully saturated rings. The molecule has 25 heavy (non-hydrogen) atoms. The van der Waals surface area contributed by atoms with Crippen molar-refractivity contribution in [2.45, 2.75) is 17.4 Å². The van der Waals surface area contributed by atoms with E-state index in [-0.39, 0.29) is 11.3 Å². The molecule has 0 amide bonds. The van der Waals surface area contributed by atoms with Gasteiger partial charge in [-0.05, 0) is 41.8 Å². The number of halogens is 1. The molecule has 0 heterocycles. The van der Waals surface area contributed by atoms with Crippen molar-refractivity contribution in [1.29, 1.82) is 0 Å². The van der Waals surface area contributed by atoms with E-state index in [1.54, 1.807) is 12.1 Å². The molecule has 0 spiro atoms. The first-order valence-corrected chi connectivity index (χ1v) is 9.72. The van der Waals surface area contributed by atoms with Crippen LogP contribution in [0.15, 0.2) is 70.6 Å². The third kappa shape index (κ3) is 5.01. The standard InChI is InChI=1S/C18H18BrNO4S/c1-3-4-17(18(21)24-2)20-25(22,23)16-11-7-14(8-12-16)13-5-9-15(19)10-6-13/h3,5-12,17,20H,1,4H2,2H3/i18+1. The molecule has 0 bridgehead atoms. The summed E-state index contributed by atoms with van der Waals surface area (Å²) in [6, 6.07) is 13.1. The molecule has 0 saturated carbocycles. The highest BCUT2D eigenvalue weighted by atomic mass is 79.9. The highest BCUT2D eigenvalue weighted by Crippen LogP contribution is 2.23. The minimum absolute atomic E-state index is 0.0753. The number of carbonyl (C=O) groups is 1. The van der Waals surface area contributed by atoms with Gasteiger partial charge in [0, 0.05) is 4.47 Å². The zero-order valence-corrected chi connectivity index (χ0v) is 16.0. The summed E-state index contributed by atoms with van der Waals surface area (Å²) < 4.78 is 32.9. The average molecular weight is 425 g/mol. The molecule has 0 aromatic heterocycles. The number of benzene rings is 2. The van der Waals surface area contributed by atoms with Crippen LogP contribution in [0.1, 0.15) is 6.42 Å². The maximum Gasteiger partial charge on any atom is 0.324 e. The maximum absolute atomic E-state index is 12.5. The summed E-state index contributed by atoms with van der Waals surface area (Å²) in [4.78, 5) is 11.8. The Morgan fingerprint density at radius 1 is 1.16 bits per heavy atom. The van der Waals surface area contributed by atoms with Gasteiger partial charge in [0.15, 0.2) is 0 Å². The fourth-order valence-corrected chi connectivity index (χ4v) is 3.69. The van der Waals surface area contributed by atoms with Crippen molar-refractivity contribution in [2.24, 2.45) is 0 Å². The van der Waals surface area contributed by atoms with Gasteiger partial charge in [0.2, 0.25) is 10.0 Å². The molecule has 0 radical (unpaired) electrons. The van der Waals surface area contributed by atoms with Gasteiger partial charge in [-0.25, -0.2) is 8.42 Å². The van der Waals surface area contributed by atoms with Crippen LogP contribution in [0.25, 0.3) is 11.1 Å². The van der Waals surface area contributed by atoms with Gasteiger partial charge in [0.05, 0.1) is 12.0 Å². The third-order valence-electron chi connectivity index (χ3n) is 3.53. The number of nitrogens with one attached hydrogen (secondary N) is 1. The average Bonchev–Trinajstić information content (AvgIpc) is 2.61. The van der Waals surface area contributed by atoms with Crippen molar-refractivity contribution >= 4 is 31.9 Å². The summed E-state index contributed by atoms with van der Waals surface area (Å²) >= 11 is 3.38. The largest absolute Gasteiger partial charge is 0.468 e. The zero-order chi connectivity index (χ0) is 18.4. The molecule has 0 aliphatic heterocycles.